The van der Waals surface area contributed by atoms with E-state index in [1.54, 1.807) is 28.9 Å². The van der Waals surface area contributed by atoms with E-state index in [9.17, 15) is 9.18 Å². The van der Waals surface area contributed by atoms with Crippen molar-refractivity contribution in [1.82, 2.24) is 15.1 Å². The van der Waals surface area contributed by atoms with E-state index in [1.165, 1.54) is 12.3 Å². The van der Waals surface area contributed by atoms with Crippen molar-refractivity contribution in [2.45, 2.75) is 39.3 Å². The zero-order valence-electron chi connectivity index (χ0n) is 17.7. The van der Waals surface area contributed by atoms with Crippen LogP contribution >= 0.6 is 11.6 Å². The molecule has 0 aliphatic heterocycles. The summed E-state index contributed by atoms with van der Waals surface area (Å²) in [5.74, 6) is -0.683. The minimum atomic E-state index is -0.388. The average Bonchev–Trinajstić information content (AvgIpc) is 3.18. The molecule has 0 bridgehead atoms. The second kappa shape index (κ2) is 11.3. The highest BCUT2D eigenvalue weighted by Crippen LogP contribution is 2.29. The normalized spacial score (nSPS) is 11.4. The minimum absolute atomic E-state index is 0.0222. The van der Waals surface area contributed by atoms with Gasteiger partial charge in [-0.25, -0.2) is 4.39 Å². The van der Waals surface area contributed by atoms with E-state index < -0.39 is 0 Å². The summed E-state index contributed by atoms with van der Waals surface area (Å²) in [7, 11) is 0. The first kappa shape index (κ1) is 24.1. The maximum absolute atomic E-state index is 14.5. The monoisotopic (exact) mass is 444 g/mol. The lowest BCUT2D eigenvalue weighted by molar-refractivity contribution is -0.106. The Morgan fingerprint density at radius 1 is 1.26 bits per heavy atom. The smallest absolute Gasteiger partial charge is 0.255 e. The molecule has 0 saturated heterocycles. The Labute approximate surface area is 186 Å². The van der Waals surface area contributed by atoms with Gasteiger partial charge in [-0.3, -0.25) is 14.3 Å². The Kier molecular flexibility index (Phi) is 8.75. The Bertz CT molecular complexity index is 1040. The van der Waals surface area contributed by atoms with Crippen LogP contribution in [0.15, 0.2) is 54.7 Å². The molecule has 1 aromatic heterocycles. The van der Waals surface area contributed by atoms with Gasteiger partial charge in [-0.05, 0) is 50.1 Å². The topological polar surface area (TPSA) is 90.0 Å². The van der Waals surface area contributed by atoms with Crippen LogP contribution in [0.25, 0.3) is 11.3 Å². The Hall–Kier alpha value is -3.19. The van der Waals surface area contributed by atoms with Crippen molar-refractivity contribution in [2.24, 2.45) is 5.73 Å². The third kappa shape index (κ3) is 5.92. The van der Waals surface area contributed by atoms with Gasteiger partial charge in [0.15, 0.2) is 0 Å². The number of halogens is 2. The van der Waals surface area contributed by atoms with Crippen LogP contribution in [0, 0.1) is 5.82 Å². The fraction of sp³-hybridized carbons (Fsp3) is 0.261. The molecule has 2 amide bonds. The molecule has 0 fully saturated rings. The average molecular weight is 445 g/mol. The van der Waals surface area contributed by atoms with Gasteiger partial charge in [0.1, 0.15) is 5.82 Å². The molecule has 0 radical (unpaired) electrons. The predicted molar refractivity (Wildman–Crippen MR) is 120 cm³/mol. The number of aromatic nitrogens is 2. The van der Waals surface area contributed by atoms with Gasteiger partial charge in [-0.15, -0.1) is 0 Å². The standard InChI is InChI=1S/C22H23ClFN3O.CH3NO/c1-4-20(15-8-7-9-16(23)12-15)26-22(28)18-13-25-27(14(2)3)21(18)17-10-5-6-11-19(17)24;2-1-3/h5-14,20H,4H2,1-3H3,(H,26,28);1H,(H2,2,3). The van der Waals surface area contributed by atoms with E-state index in [0.29, 0.717) is 28.3 Å². The number of benzene rings is 2. The van der Waals surface area contributed by atoms with Gasteiger partial charge in [0.2, 0.25) is 6.41 Å². The molecule has 0 spiro atoms. The molecule has 3 N–H and O–H groups in total. The first-order valence-electron chi connectivity index (χ1n) is 9.88. The van der Waals surface area contributed by atoms with Crippen molar-refractivity contribution < 1.29 is 14.0 Å². The van der Waals surface area contributed by atoms with Gasteiger partial charge in [-0.1, -0.05) is 42.8 Å². The first-order valence-corrected chi connectivity index (χ1v) is 10.3. The van der Waals surface area contributed by atoms with Gasteiger partial charge < -0.3 is 11.1 Å². The van der Waals surface area contributed by atoms with E-state index in [1.807, 2.05) is 39.0 Å². The quantitative estimate of drug-likeness (QED) is 0.529. The summed E-state index contributed by atoms with van der Waals surface area (Å²) in [6, 6.07) is 13.6. The van der Waals surface area contributed by atoms with Crippen LogP contribution in [0.3, 0.4) is 0 Å². The van der Waals surface area contributed by atoms with Crippen molar-refractivity contribution in [1.29, 1.82) is 0 Å². The number of nitrogens with two attached hydrogens (primary N) is 1. The van der Waals surface area contributed by atoms with E-state index in [2.05, 4.69) is 16.1 Å². The molecule has 0 aliphatic carbocycles. The molecule has 0 saturated carbocycles. The molecule has 6 nitrogen and oxygen atoms in total. The van der Waals surface area contributed by atoms with E-state index in [0.717, 1.165) is 5.56 Å². The lowest BCUT2D eigenvalue weighted by atomic mass is 10.0. The zero-order valence-corrected chi connectivity index (χ0v) is 18.4. The Balaban J connectivity index is 0.00000107. The van der Waals surface area contributed by atoms with Crippen LogP contribution in [-0.2, 0) is 4.79 Å². The number of rotatable bonds is 6. The van der Waals surface area contributed by atoms with Crippen molar-refractivity contribution in [3.8, 4) is 11.3 Å². The van der Waals surface area contributed by atoms with Crippen LogP contribution in [0.4, 0.5) is 4.39 Å². The lowest BCUT2D eigenvalue weighted by Crippen LogP contribution is -2.28. The van der Waals surface area contributed by atoms with Crippen LogP contribution < -0.4 is 11.1 Å². The molecule has 31 heavy (non-hydrogen) atoms. The molecular formula is C23H26ClFN4O2. The van der Waals surface area contributed by atoms with E-state index in [4.69, 9.17) is 16.4 Å². The van der Waals surface area contributed by atoms with Crippen LogP contribution in [0.5, 0.6) is 0 Å². The highest BCUT2D eigenvalue weighted by molar-refractivity contribution is 6.30. The Morgan fingerprint density at radius 3 is 2.52 bits per heavy atom. The highest BCUT2D eigenvalue weighted by atomic mass is 35.5. The summed E-state index contributed by atoms with van der Waals surface area (Å²) in [4.78, 5) is 21.7. The fourth-order valence-corrected chi connectivity index (χ4v) is 3.42. The second-order valence-corrected chi connectivity index (χ2v) is 7.49. The molecule has 1 unspecified atom stereocenters. The van der Waals surface area contributed by atoms with Crippen molar-refractivity contribution >= 4 is 23.9 Å². The number of amides is 2. The lowest BCUT2D eigenvalue weighted by Gasteiger charge is -2.19. The number of nitrogens with one attached hydrogen (secondary N) is 1. The van der Waals surface area contributed by atoms with Gasteiger partial charge in [0, 0.05) is 16.6 Å². The molecule has 1 heterocycles. The van der Waals surface area contributed by atoms with Crippen molar-refractivity contribution in [3.05, 3.63) is 76.7 Å². The van der Waals surface area contributed by atoms with Crippen molar-refractivity contribution in [2.75, 3.05) is 0 Å². The largest absolute Gasteiger partial charge is 0.372 e. The van der Waals surface area contributed by atoms with E-state index in [-0.39, 0.29) is 30.2 Å². The predicted octanol–water partition coefficient (Wildman–Crippen LogP) is 4.91. The molecule has 8 heteroatoms. The molecule has 2 aromatic carbocycles. The Morgan fingerprint density at radius 2 is 1.94 bits per heavy atom. The number of carbonyl (C=O) groups is 2. The first-order chi connectivity index (χ1) is 14.8. The second-order valence-electron chi connectivity index (χ2n) is 7.05. The molecular weight excluding hydrogens is 419 g/mol. The zero-order chi connectivity index (χ0) is 23.0. The number of nitrogens with zero attached hydrogens (tertiary/aromatic N) is 2. The summed E-state index contributed by atoms with van der Waals surface area (Å²) in [6.07, 6.45) is 2.45. The number of hydrogen-bond donors (Lipinski definition) is 2. The minimum Gasteiger partial charge on any atom is -0.372 e. The molecule has 0 aliphatic rings. The van der Waals surface area contributed by atoms with Crippen molar-refractivity contribution in [3.63, 3.8) is 0 Å². The summed E-state index contributed by atoms with van der Waals surface area (Å²) in [5.41, 5.74) is 6.27. The maximum atomic E-state index is 14.5. The third-order valence-electron chi connectivity index (χ3n) is 4.62. The molecule has 164 valence electrons. The van der Waals surface area contributed by atoms with Crippen LogP contribution in [-0.4, -0.2) is 22.1 Å². The number of hydrogen-bond acceptors (Lipinski definition) is 3. The molecule has 1 atom stereocenters. The van der Waals surface area contributed by atoms with Gasteiger partial charge in [-0.2, -0.15) is 5.10 Å². The van der Waals surface area contributed by atoms with Crippen LogP contribution in [0.1, 0.15) is 55.2 Å². The van der Waals surface area contributed by atoms with Gasteiger partial charge >= 0.3 is 0 Å². The van der Waals surface area contributed by atoms with Gasteiger partial charge in [0.05, 0.1) is 23.5 Å². The summed E-state index contributed by atoms with van der Waals surface area (Å²) in [6.45, 7) is 5.88. The fourth-order valence-electron chi connectivity index (χ4n) is 3.22. The highest BCUT2D eigenvalue weighted by Gasteiger charge is 2.24. The summed E-state index contributed by atoms with van der Waals surface area (Å²) >= 11 is 6.09. The summed E-state index contributed by atoms with van der Waals surface area (Å²) < 4.78 is 16.2. The van der Waals surface area contributed by atoms with Gasteiger partial charge in [0.25, 0.3) is 5.91 Å². The SMILES string of the molecule is CCC(NC(=O)c1cnn(C(C)C)c1-c1ccccc1F)c1cccc(Cl)c1.NC=O. The number of primary amides is 1. The molecule has 3 aromatic rings. The maximum Gasteiger partial charge on any atom is 0.255 e. The third-order valence-corrected chi connectivity index (χ3v) is 4.86. The van der Waals surface area contributed by atoms with Crippen LogP contribution in [0.2, 0.25) is 5.02 Å². The van der Waals surface area contributed by atoms with E-state index >= 15 is 0 Å². The molecule has 3 rings (SSSR count). The number of carbonyl (C=O) groups excluding carboxylic acids is 2. The summed E-state index contributed by atoms with van der Waals surface area (Å²) in [5, 5.41) is 7.99.